The largest absolute Gasteiger partial charge is 0.465 e. The van der Waals surface area contributed by atoms with E-state index in [4.69, 9.17) is 4.74 Å². The second-order valence-corrected chi connectivity index (χ2v) is 5.08. The van der Waals surface area contributed by atoms with Crippen molar-refractivity contribution in [2.75, 3.05) is 7.11 Å². The zero-order chi connectivity index (χ0) is 12.6. The van der Waals surface area contributed by atoms with Crippen LogP contribution in [0, 0.1) is 5.41 Å². The van der Waals surface area contributed by atoms with Gasteiger partial charge in [-0.25, -0.2) is 4.79 Å². The van der Waals surface area contributed by atoms with E-state index in [1.165, 1.54) is 7.11 Å². The van der Waals surface area contributed by atoms with Gasteiger partial charge in [0.1, 0.15) is 5.57 Å². The molecule has 3 heteroatoms. The molecule has 1 atom stereocenters. The summed E-state index contributed by atoms with van der Waals surface area (Å²) in [7, 11) is 1.33. The predicted octanol–water partition coefficient (Wildman–Crippen LogP) is 2.57. The van der Waals surface area contributed by atoms with Crippen molar-refractivity contribution >= 4 is 11.8 Å². The summed E-state index contributed by atoms with van der Waals surface area (Å²) in [5.74, 6) is -0.675. The second kappa shape index (κ2) is 4.13. The van der Waals surface area contributed by atoms with Gasteiger partial charge in [-0.2, -0.15) is 0 Å². The minimum atomic E-state index is -0.484. The maximum absolute atomic E-state index is 12.0. The summed E-state index contributed by atoms with van der Waals surface area (Å²) in [6.45, 7) is 4.11. The van der Waals surface area contributed by atoms with Crippen LogP contribution < -0.4 is 0 Å². The molecule has 92 valence electrons. The van der Waals surface area contributed by atoms with Crippen molar-refractivity contribution in [2.24, 2.45) is 5.41 Å². The number of ether oxygens (including phenoxy) is 1. The first kappa shape index (κ1) is 12.1. The first-order valence-corrected chi connectivity index (χ1v) is 6.06. The van der Waals surface area contributed by atoms with Gasteiger partial charge in [0.2, 0.25) is 0 Å². The van der Waals surface area contributed by atoms with Crippen molar-refractivity contribution < 1.29 is 14.3 Å². The van der Waals surface area contributed by atoms with E-state index >= 15 is 0 Å². The van der Waals surface area contributed by atoms with Crippen molar-refractivity contribution in [3.05, 3.63) is 22.8 Å². The van der Waals surface area contributed by atoms with Crippen molar-refractivity contribution in [1.29, 1.82) is 0 Å². The number of ketones is 1. The number of hydrogen-bond donors (Lipinski definition) is 0. The smallest absolute Gasteiger partial charge is 0.341 e. The van der Waals surface area contributed by atoms with Crippen LogP contribution in [0.5, 0.6) is 0 Å². The highest BCUT2D eigenvalue weighted by atomic mass is 16.5. The Morgan fingerprint density at radius 2 is 2.12 bits per heavy atom. The van der Waals surface area contributed by atoms with Crippen LogP contribution in [0.3, 0.4) is 0 Å². The Morgan fingerprint density at radius 1 is 1.41 bits per heavy atom. The molecule has 0 heterocycles. The van der Waals surface area contributed by atoms with E-state index < -0.39 is 5.97 Å². The molecular weight excluding hydrogens is 216 g/mol. The maximum atomic E-state index is 12.0. The molecule has 0 saturated heterocycles. The number of esters is 1. The van der Waals surface area contributed by atoms with Crippen LogP contribution >= 0.6 is 0 Å². The number of hydrogen-bond acceptors (Lipinski definition) is 3. The highest BCUT2D eigenvalue weighted by Gasteiger charge is 2.41. The van der Waals surface area contributed by atoms with Crippen LogP contribution in [0.25, 0.3) is 0 Å². The summed E-state index contributed by atoms with van der Waals surface area (Å²) in [6.07, 6.45) is 5.64. The predicted molar refractivity (Wildman–Crippen MR) is 64.4 cm³/mol. The quantitative estimate of drug-likeness (QED) is 0.517. The van der Waals surface area contributed by atoms with Gasteiger partial charge < -0.3 is 4.74 Å². The zero-order valence-electron chi connectivity index (χ0n) is 10.6. The molecule has 0 aromatic heterocycles. The van der Waals surface area contributed by atoms with Crippen LogP contribution in [0.15, 0.2) is 22.8 Å². The van der Waals surface area contributed by atoms with Crippen LogP contribution in [0.1, 0.15) is 39.5 Å². The molecule has 0 aliphatic heterocycles. The molecule has 0 aromatic rings. The minimum Gasteiger partial charge on any atom is -0.465 e. The summed E-state index contributed by atoms with van der Waals surface area (Å²) in [4.78, 5) is 23.7. The van der Waals surface area contributed by atoms with E-state index in [0.29, 0.717) is 0 Å². The Kier molecular flexibility index (Phi) is 2.94. The molecule has 3 nitrogen and oxygen atoms in total. The van der Waals surface area contributed by atoms with Gasteiger partial charge in [0.05, 0.1) is 7.11 Å². The normalized spacial score (nSPS) is 28.6. The van der Waals surface area contributed by atoms with Crippen molar-refractivity contribution in [2.45, 2.75) is 39.5 Å². The van der Waals surface area contributed by atoms with Crippen LogP contribution in [0.2, 0.25) is 0 Å². The van der Waals surface area contributed by atoms with Crippen molar-refractivity contribution in [1.82, 2.24) is 0 Å². The number of carbonyl (C=O) groups excluding carboxylic acids is 2. The second-order valence-electron chi connectivity index (χ2n) is 5.08. The topological polar surface area (TPSA) is 43.4 Å². The van der Waals surface area contributed by atoms with Gasteiger partial charge in [-0.3, -0.25) is 4.79 Å². The van der Waals surface area contributed by atoms with Gasteiger partial charge in [0.25, 0.3) is 0 Å². The molecular formula is C14H18O3. The molecule has 2 rings (SSSR count). The molecule has 2 aliphatic rings. The maximum Gasteiger partial charge on any atom is 0.341 e. The SMILES string of the molecule is COC(=O)C1=C2CCCCC2(C)C(C)=CC1=O. The highest BCUT2D eigenvalue weighted by Crippen LogP contribution is 2.49. The number of rotatable bonds is 1. The summed E-state index contributed by atoms with van der Waals surface area (Å²) in [6, 6.07) is 0. The highest BCUT2D eigenvalue weighted by molar-refractivity contribution is 6.23. The summed E-state index contributed by atoms with van der Waals surface area (Å²) >= 11 is 0. The van der Waals surface area contributed by atoms with Gasteiger partial charge >= 0.3 is 5.97 Å². The van der Waals surface area contributed by atoms with Gasteiger partial charge in [-0.15, -0.1) is 0 Å². The lowest BCUT2D eigenvalue weighted by Gasteiger charge is -2.40. The molecule has 0 spiro atoms. The van der Waals surface area contributed by atoms with E-state index in [0.717, 1.165) is 36.8 Å². The fourth-order valence-corrected chi connectivity index (χ4v) is 2.95. The van der Waals surface area contributed by atoms with E-state index in [-0.39, 0.29) is 16.8 Å². The molecule has 0 N–H and O–H groups in total. The number of fused-ring (bicyclic) bond motifs is 1. The van der Waals surface area contributed by atoms with E-state index in [1.54, 1.807) is 6.08 Å². The monoisotopic (exact) mass is 234 g/mol. The zero-order valence-corrected chi connectivity index (χ0v) is 10.6. The van der Waals surface area contributed by atoms with Gasteiger partial charge in [0, 0.05) is 5.41 Å². The van der Waals surface area contributed by atoms with Gasteiger partial charge in [-0.1, -0.05) is 18.9 Å². The molecule has 1 fully saturated rings. The first-order valence-electron chi connectivity index (χ1n) is 6.06. The van der Waals surface area contributed by atoms with Gasteiger partial charge in [0.15, 0.2) is 5.78 Å². The molecule has 0 bridgehead atoms. The number of allylic oxidation sites excluding steroid dienone is 3. The van der Waals surface area contributed by atoms with Crippen LogP contribution in [0.4, 0.5) is 0 Å². The Bertz CT molecular complexity index is 442. The van der Waals surface area contributed by atoms with Crippen molar-refractivity contribution in [3.63, 3.8) is 0 Å². The molecule has 0 aromatic carbocycles. The average Bonchev–Trinajstić information content (AvgIpc) is 2.30. The molecule has 0 amide bonds. The standard InChI is InChI=1S/C14H18O3/c1-9-8-11(15)12(13(16)17-3)10-6-4-5-7-14(9,10)2/h8H,4-7H2,1-3H3. The number of methoxy groups -OCH3 is 1. The minimum absolute atomic E-state index is 0.115. The Hall–Kier alpha value is -1.38. The summed E-state index contributed by atoms with van der Waals surface area (Å²) in [5.41, 5.74) is 2.22. The summed E-state index contributed by atoms with van der Waals surface area (Å²) in [5, 5.41) is 0. The fraction of sp³-hybridized carbons (Fsp3) is 0.571. The Balaban J connectivity index is 2.56. The number of carbonyl (C=O) groups is 2. The van der Waals surface area contributed by atoms with Crippen molar-refractivity contribution in [3.8, 4) is 0 Å². The van der Waals surface area contributed by atoms with E-state index in [1.807, 2.05) is 6.92 Å². The molecule has 17 heavy (non-hydrogen) atoms. The van der Waals surface area contributed by atoms with Gasteiger partial charge in [-0.05, 0) is 37.8 Å². The third-order valence-electron chi connectivity index (χ3n) is 4.18. The fourth-order valence-electron chi connectivity index (χ4n) is 2.95. The lowest BCUT2D eigenvalue weighted by atomic mass is 9.63. The molecule has 1 saturated carbocycles. The Labute approximate surface area is 102 Å². The summed E-state index contributed by atoms with van der Waals surface area (Å²) < 4.78 is 4.74. The molecule has 2 aliphatic carbocycles. The lowest BCUT2D eigenvalue weighted by molar-refractivity contribution is -0.137. The average molecular weight is 234 g/mol. The first-order chi connectivity index (χ1) is 8.00. The van der Waals surface area contributed by atoms with E-state index in [2.05, 4.69) is 6.92 Å². The van der Waals surface area contributed by atoms with Crippen LogP contribution in [-0.2, 0) is 14.3 Å². The molecule has 0 radical (unpaired) electrons. The third-order valence-corrected chi connectivity index (χ3v) is 4.18. The van der Waals surface area contributed by atoms with Crippen LogP contribution in [-0.4, -0.2) is 18.9 Å². The Morgan fingerprint density at radius 3 is 2.76 bits per heavy atom. The molecule has 1 unspecified atom stereocenters. The van der Waals surface area contributed by atoms with E-state index in [9.17, 15) is 9.59 Å². The lowest BCUT2D eigenvalue weighted by Crippen LogP contribution is -2.33. The third kappa shape index (κ3) is 1.74.